The Morgan fingerprint density at radius 2 is 1.71 bits per heavy atom. The molecule has 6 nitrogen and oxygen atoms in total. The summed E-state index contributed by atoms with van der Waals surface area (Å²) in [7, 11) is 3.28. The van der Waals surface area contributed by atoms with Crippen LogP contribution >= 0.6 is 11.8 Å². The smallest absolute Gasteiger partial charge is 0.243 e. The summed E-state index contributed by atoms with van der Waals surface area (Å²) in [6, 6.07) is 15.3. The van der Waals surface area contributed by atoms with E-state index in [1.165, 1.54) is 6.42 Å². The van der Waals surface area contributed by atoms with E-state index in [0.717, 1.165) is 48.3 Å². The molecule has 2 amide bonds. The number of ether oxygens (including phenoxy) is 2. The number of benzene rings is 2. The van der Waals surface area contributed by atoms with Gasteiger partial charge in [0.25, 0.3) is 0 Å². The minimum atomic E-state index is -0.503. The summed E-state index contributed by atoms with van der Waals surface area (Å²) in [6.45, 7) is 2.34. The molecule has 0 bridgehead atoms. The molecule has 0 saturated heterocycles. The van der Waals surface area contributed by atoms with Crippen molar-refractivity contribution in [2.45, 2.75) is 69.8 Å². The lowest BCUT2D eigenvalue weighted by Crippen LogP contribution is -2.52. The Kier molecular flexibility index (Phi) is 10.8. The standard InChI is InChI=1S/C28H38N2O4S/c1-4-26(28(32)29-23-10-6-5-7-11-23)30(18-22-9-8-12-25(17-22)34-3)27(31)20-35-19-21-13-15-24(33-2)16-14-21/h8-9,12-17,23,26H,4-7,10-11,18-20H2,1-3H3,(H,29,32). The van der Waals surface area contributed by atoms with Crippen molar-refractivity contribution in [3.05, 3.63) is 59.7 Å². The van der Waals surface area contributed by atoms with Crippen molar-refractivity contribution in [3.63, 3.8) is 0 Å². The first-order valence-electron chi connectivity index (χ1n) is 12.5. The first kappa shape index (κ1) is 26.9. The van der Waals surface area contributed by atoms with Gasteiger partial charge < -0.3 is 19.7 Å². The Morgan fingerprint density at radius 3 is 2.37 bits per heavy atom. The molecule has 3 rings (SSSR count). The first-order chi connectivity index (χ1) is 17.0. The second-order valence-electron chi connectivity index (χ2n) is 8.98. The Balaban J connectivity index is 1.70. The van der Waals surface area contributed by atoms with E-state index in [-0.39, 0.29) is 17.9 Å². The van der Waals surface area contributed by atoms with Crippen molar-refractivity contribution in [2.75, 3.05) is 20.0 Å². The molecule has 7 heteroatoms. The summed E-state index contributed by atoms with van der Waals surface area (Å²) < 4.78 is 10.6. The average molecular weight is 499 g/mol. The Bertz CT molecular complexity index is 944. The van der Waals surface area contributed by atoms with Gasteiger partial charge in [0.2, 0.25) is 11.8 Å². The average Bonchev–Trinajstić information content (AvgIpc) is 2.89. The van der Waals surface area contributed by atoms with Crippen molar-refractivity contribution in [1.29, 1.82) is 0 Å². The minimum Gasteiger partial charge on any atom is -0.497 e. The number of hydrogen-bond donors (Lipinski definition) is 1. The van der Waals surface area contributed by atoms with Gasteiger partial charge >= 0.3 is 0 Å². The summed E-state index contributed by atoms with van der Waals surface area (Å²) in [5.74, 6) is 2.50. The molecular formula is C28H38N2O4S. The molecule has 1 aliphatic rings. The van der Waals surface area contributed by atoms with Gasteiger partial charge in [-0.25, -0.2) is 0 Å². The lowest BCUT2D eigenvalue weighted by molar-refractivity contribution is -0.139. The zero-order valence-electron chi connectivity index (χ0n) is 21.1. The van der Waals surface area contributed by atoms with Crippen molar-refractivity contribution in [1.82, 2.24) is 10.2 Å². The number of hydrogen-bond acceptors (Lipinski definition) is 5. The molecule has 190 valence electrons. The highest BCUT2D eigenvalue weighted by molar-refractivity contribution is 7.99. The van der Waals surface area contributed by atoms with Crippen LogP contribution in [0.2, 0.25) is 0 Å². The van der Waals surface area contributed by atoms with Crippen molar-refractivity contribution in [2.24, 2.45) is 0 Å². The van der Waals surface area contributed by atoms with Crippen LogP contribution < -0.4 is 14.8 Å². The molecule has 0 radical (unpaired) electrons. The zero-order valence-corrected chi connectivity index (χ0v) is 21.9. The molecule has 2 aromatic carbocycles. The summed E-state index contributed by atoms with van der Waals surface area (Å²) >= 11 is 1.56. The van der Waals surface area contributed by atoms with Crippen LogP contribution in [-0.2, 0) is 21.9 Å². The minimum absolute atomic E-state index is 0.0306. The SMILES string of the molecule is CCC(C(=O)NC1CCCCC1)N(Cc1cccc(OC)c1)C(=O)CSCc1ccc(OC)cc1. The number of methoxy groups -OCH3 is 2. The van der Waals surface area contributed by atoms with E-state index in [9.17, 15) is 9.59 Å². The predicted molar refractivity (Wildman–Crippen MR) is 142 cm³/mol. The van der Waals surface area contributed by atoms with Gasteiger partial charge in [0.1, 0.15) is 17.5 Å². The Labute approximate surface area is 213 Å². The third kappa shape index (κ3) is 8.20. The number of carbonyl (C=O) groups is 2. The normalized spacial score (nSPS) is 14.7. The van der Waals surface area contributed by atoms with Crippen LogP contribution in [-0.4, -0.2) is 48.8 Å². The maximum absolute atomic E-state index is 13.5. The van der Waals surface area contributed by atoms with Crippen LogP contribution in [0.15, 0.2) is 48.5 Å². The molecule has 1 fully saturated rings. The zero-order chi connectivity index (χ0) is 25.0. The number of nitrogens with zero attached hydrogens (tertiary/aromatic N) is 1. The lowest BCUT2D eigenvalue weighted by Gasteiger charge is -2.32. The third-order valence-electron chi connectivity index (χ3n) is 6.48. The molecule has 1 unspecified atom stereocenters. The molecule has 1 atom stereocenters. The fourth-order valence-corrected chi connectivity index (χ4v) is 5.36. The van der Waals surface area contributed by atoms with Gasteiger partial charge in [-0.3, -0.25) is 9.59 Å². The van der Waals surface area contributed by atoms with E-state index in [0.29, 0.717) is 24.5 Å². The van der Waals surface area contributed by atoms with Crippen molar-refractivity contribution in [3.8, 4) is 11.5 Å². The Morgan fingerprint density at radius 1 is 1.00 bits per heavy atom. The number of nitrogens with one attached hydrogen (secondary N) is 1. The second-order valence-corrected chi connectivity index (χ2v) is 9.97. The van der Waals surface area contributed by atoms with Gasteiger partial charge in [0.05, 0.1) is 20.0 Å². The van der Waals surface area contributed by atoms with Gasteiger partial charge in [-0.05, 0) is 54.7 Å². The third-order valence-corrected chi connectivity index (χ3v) is 7.47. The highest BCUT2D eigenvalue weighted by Gasteiger charge is 2.30. The molecule has 0 aromatic heterocycles. The van der Waals surface area contributed by atoms with Gasteiger partial charge in [-0.2, -0.15) is 0 Å². The topological polar surface area (TPSA) is 67.9 Å². The van der Waals surface area contributed by atoms with Crippen molar-refractivity contribution >= 4 is 23.6 Å². The van der Waals surface area contributed by atoms with E-state index >= 15 is 0 Å². The molecule has 1 saturated carbocycles. The summed E-state index contributed by atoms with van der Waals surface area (Å²) in [5.41, 5.74) is 2.08. The predicted octanol–water partition coefficient (Wildman–Crippen LogP) is 5.19. The molecule has 2 aromatic rings. The largest absolute Gasteiger partial charge is 0.497 e. The maximum atomic E-state index is 13.5. The summed E-state index contributed by atoms with van der Waals surface area (Å²) in [5, 5.41) is 3.23. The lowest BCUT2D eigenvalue weighted by atomic mass is 9.95. The molecule has 0 heterocycles. The van der Waals surface area contributed by atoms with Crippen LogP contribution in [0.25, 0.3) is 0 Å². The second kappa shape index (κ2) is 14.0. The van der Waals surface area contributed by atoms with Crippen LogP contribution in [0.1, 0.15) is 56.6 Å². The monoisotopic (exact) mass is 498 g/mol. The van der Waals surface area contributed by atoms with Gasteiger partial charge in [-0.15, -0.1) is 11.8 Å². The number of carbonyl (C=O) groups excluding carboxylic acids is 2. The molecule has 1 aliphatic carbocycles. The number of amides is 2. The van der Waals surface area contributed by atoms with E-state index in [1.807, 2.05) is 55.5 Å². The highest BCUT2D eigenvalue weighted by Crippen LogP contribution is 2.22. The summed E-state index contributed by atoms with van der Waals surface area (Å²) in [6.07, 6.45) is 6.13. The first-order valence-corrected chi connectivity index (χ1v) is 13.6. The van der Waals surface area contributed by atoms with Gasteiger partial charge in [-0.1, -0.05) is 50.5 Å². The van der Waals surface area contributed by atoms with E-state index in [4.69, 9.17) is 9.47 Å². The van der Waals surface area contributed by atoms with Crippen LogP contribution in [0.3, 0.4) is 0 Å². The van der Waals surface area contributed by atoms with Crippen LogP contribution in [0, 0.1) is 0 Å². The molecule has 1 N–H and O–H groups in total. The van der Waals surface area contributed by atoms with Crippen LogP contribution in [0.5, 0.6) is 11.5 Å². The number of thioether (sulfide) groups is 1. The quantitative estimate of drug-likeness (QED) is 0.436. The molecule has 35 heavy (non-hydrogen) atoms. The van der Waals surface area contributed by atoms with E-state index in [1.54, 1.807) is 30.9 Å². The van der Waals surface area contributed by atoms with E-state index in [2.05, 4.69) is 5.32 Å². The van der Waals surface area contributed by atoms with Gasteiger partial charge in [0, 0.05) is 18.3 Å². The number of rotatable bonds is 12. The van der Waals surface area contributed by atoms with E-state index < -0.39 is 6.04 Å². The van der Waals surface area contributed by atoms with Crippen molar-refractivity contribution < 1.29 is 19.1 Å². The fourth-order valence-electron chi connectivity index (χ4n) is 4.49. The highest BCUT2D eigenvalue weighted by atomic mass is 32.2. The van der Waals surface area contributed by atoms with Gasteiger partial charge in [0.15, 0.2) is 0 Å². The fraction of sp³-hybridized carbons (Fsp3) is 0.500. The molecule has 0 aliphatic heterocycles. The maximum Gasteiger partial charge on any atom is 0.243 e. The molecular weight excluding hydrogens is 460 g/mol. The molecule has 0 spiro atoms. The Hall–Kier alpha value is -2.67. The van der Waals surface area contributed by atoms with Crippen LogP contribution in [0.4, 0.5) is 0 Å². The summed E-state index contributed by atoms with van der Waals surface area (Å²) in [4.78, 5) is 28.5.